The molecule has 0 aliphatic carbocycles. The number of hydrogen-bond acceptors (Lipinski definition) is 2. The Hall–Kier alpha value is -2.00. The monoisotopic (exact) mass is 290 g/mol. The fourth-order valence-corrected chi connectivity index (χ4v) is 2.07. The van der Waals surface area contributed by atoms with E-state index < -0.39 is 11.6 Å². The number of ketones is 2. The molecule has 2 aromatic rings. The number of Topliss-reactive ketones (excluding diaryl/α,β-unsaturated/α-hetero) is 2. The number of carbonyl (C=O) groups excluding carboxylic acids is 2. The lowest BCUT2D eigenvalue weighted by Gasteiger charge is -2.04. The van der Waals surface area contributed by atoms with Crippen LogP contribution in [0.2, 0.25) is 5.02 Å². The molecule has 2 aromatic carbocycles. The molecule has 0 fully saturated rings. The maximum atomic E-state index is 12.9. The number of aryl methyl sites for hydroxylation is 1. The summed E-state index contributed by atoms with van der Waals surface area (Å²) in [5.74, 6) is -1.22. The Bertz CT molecular complexity index is 663. The highest BCUT2D eigenvalue weighted by atomic mass is 35.5. The molecule has 0 heterocycles. The Balaban J connectivity index is 2.15. The van der Waals surface area contributed by atoms with E-state index in [0.717, 1.165) is 17.7 Å². The van der Waals surface area contributed by atoms with Gasteiger partial charge in [-0.3, -0.25) is 9.59 Å². The summed E-state index contributed by atoms with van der Waals surface area (Å²) < 4.78 is 12.9. The Labute approximate surface area is 121 Å². The third-order valence-electron chi connectivity index (χ3n) is 2.93. The van der Waals surface area contributed by atoms with Crippen LogP contribution in [0.25, 0.3) is 0 Å². The van der Waals surface area contributed by atoms with Crippen LogP contribution in [-0.4, -0.2) is 11.6 Å². The van der Waals surface area contributed by atoms with Crippen LogP contribution in [0.5, 0.6) is 0 Å². The summed E-state index contributed by atoms with van der Waals surface area (Å²) in [5, 5.41) is 0.0201. The van der Waals surface area contributed by atoms with E-state index in [0.29, 0.717) is 5.56 Å². The summed E-state index contributed by atoms with van der Waals surface area (Å²) in [7, 11) is 0. The molecule has 20 heavy (non-hydrogen) atoms. The average molecular weight is 291 g/mol. The van der Waals surface area contributed by atoms with E-state index in [4.69, 9.17) is 11.6 Å². The van der Waals surface area contributed by atoms with Crippen LogP contribution in [-0.2, 0) is 0 Å². The van der Waals surface area contributed by atoms with Gasteiger partial charge in [0.25, 0.3) is 0 Å². The minimum atomic E-state index is -0.517. The van der Waals surface area contributed by atoms with Crippen LogP contribution in [0, 0.1) is 12.7 Å². The summed E-state index contributed by atoms with van der Waals surface area (Å²) in [6.45, 7) is 1.91. The van der Waals surface area contributed by atoms with Crippen molar-refractivity contribution in [2.45, 2.75) is 13.3 Å². The Morgan fingerprint density at radius 1 is 1.05 bits per heavy atom. The number of carbonyl (C=O) groups is 2. The first kappa shape index (κ1) is 14.4. The number of rotatable bonds is 4. The summed E-state index contributed by atoms with van der Waals surface area (Å²) in [4.78, 5) is 24.0. The van der Waals surface area contributed by atoms with E-state index in [-0.39, 0.29) is 22.8 Å². The standard InChI is InChI=1S/C16H12ClFO2/c1-10-2-4-11(5-3-10)15(19)9-16(20)13-7-6-12(18)8-14(13)17/h2-8H,9H2,1H3. The molecule has 102 valence electrons. The first-order chi connectivity index (χ1) is 9.47. The molecular weight excluding hydrogens is 279 g/mol. The molecule has 0 bridgehead atoms. The molecule has 2 rings (SSSR count). The van der Waals surface area contributed by atoms with Gasteiger partial charge in [-0.25, -0.2) is 4.39 Å². The van der Waals surface area contributed by atoms with Crippen LogP contribution in [0.15, 0.2) is 42.5 Å². The second-order valence-electron chi connectivity index (χ2n) is 4.51. The summed E-state index contributed by atoms with van der Waals surface area (Å²) in [5.41, 5.74) is 1.67. The summed E-state index contributed by atoms with van der Waals surface area (Å²) >= 11 is 5.80. The smallest absolute Gasteiger partial charge is 0.172 e. The molecule has 0 aromatic heterocycles. The maximum Gasteiger partial charge on any atom is 0.172 e. The van der Waals surface area contributed by atoms with Crippen molar-refractivity contribution in [3.63, 3.8) is 0 Å². The predicted octanol–water partition coefficient (Wildman–Crippen LogP) is 4.24. The SMILES string of the molecule is Cc1ccc(C(=O)CC(=O)c2ccc(F)cc2Cl)cc1. The van der Waals surface area contributed by atoms with Crippen molar-refractivity contribution >= 4 is 23.2 Å². The third kappa shape index (κ3) is 3.31. The van der Waals surface area contributed by atoms with Crippen molar-refractivity contribution in [1.29, 1.82) is 0 Å². The van der Waals surface area contributed by atoms with Gasteiger partial charge in [0.2, 0.25) is 0 Å². The van der Waals surface area contributed by atoms with E-state index >= 15 is 0 Å². The molecule has 4 heteroatoms. The lowest BCUT2D eigenvalue weighted by molar-refractivity contribution is 0.0894. The Morgan fingerprint density at radius 2 is 1.70 bits per heavy atom. The van der Waals surface area contributed by atoms with Gasteiger partial charge in [-0.15, -0.1) is 0 Å². The van der Waals surface area contributed by atoms with Crippen LogP contribution >= 0.6 is 11.6 Å². The van der Waals surface area contributed by atoms with Crippen molar-refractivity contribution in [2.75, 3.05) is 0 Å². The van der Waals surface area contributed by atoms with Gasteiger partial charge >= 0.3 is 0 Å². The highest BCUT2D eigenvalue weighted by Gasteiger charge is 2.16. The third-order valence-corrected chi connectivity index (χ3v) is 3.24. The molecular formula is C16H12ClFO2. The molecule has 0 atom stereocenters. The average Bonchev–Trinajstić information content (AvgIpc) is 2.39. The fraction of sp³-hybridized carbons (Fsp3) is 0.125. The molecule has 0 spiro atoms. The van der Waals surface area contributed by atoms with Gasteiger partial charge < -0.3 is 0 Å². The van der Waals surface area contributed by atoms with Crippen molar-refractivity contribution < 1.29 is 14.0 Å². The summed E-state index contributed by atoms with van der Waals surface area (Å²) in [6.07, 6.45) is -0.283. The van der Waals surface area contributed by atoms with Crippen molar-refractivity contribution in [3.05, 3.63) is 70.0 Å². The van der Waals surface area contributed by atoms with E-state index in [9.17, 15) is 14.0 Å². The number of halogens is 2. The summed E-state index contributed by atoms with van der Waals surface area (Å²) in [6, 6.07) is 10.5. The van der Waals surface area contributed by atoms with Gasteiger partial charge in [0.1, 0.15) is 5.82 Å². The topological polar surface area (TPSA) is 34.1 Å². The van der Waals surface area contributed by atoms with Crippen LogP contribution in [0.4, 0.5) is 4.39 Å². The van der Waals surface area contributed by atoms with Crippen molar-refractivity contribution in [2.24, 2.45) is 0 Å². The zero-order chi connectivity index (χ0) is 14.7. The van der Waals surface area contributed by atoms with Gasteiger partial charge in [-0.1, -0.05) is 41.4 Å². The van der Waals surface area contributed by atoms with Crippen LogP contribution in [0.1, 0.15) is 32.7 Å². The quantitative estimate of drug-likeness (QED) is 0.623. The first-order valence-electron chi connectivity index (χ1n) is 6.05. The Morgan fingerprint density at radius 3 is 2.30 bits per heavy atom. The zero-order valence-electron chi connectivity index (χ0n) is 10.8. The first-order valence-corrected chi connectivity index (χ1v) is 6.43. The lowest BCUT2D eigenvalue weighted by atomic mass is 10.0. The maximum absolute atomic E-state index is 12.9. The number of hydrogen-bond donors (Lipinski definition) is 0. The fourth-order valence-electron chi connectivity index (χ4n) is 1.80. The van der Waals surface area contributed by atoms with E-state index in [1.807, 2.05) is 19.1 Å². The molecule has 0 saturated carbocycles. The molecule has 0 unspecified atom stereocenters. The highest BCUT2D eigenvalue weighted by Crippen LogP contribution is 2.19. The molecule has 0 radical (unpaired) electrons. The molecule has 0 amide bonds. The molecule has 0 saturated heterocycles. The largest absolute Gasteiger partial charge is 0.294 e. The van der Waals surface area contributed by atoms with E-state index in [1.54, 1.807) is 12.1 Å². The molecule has 2 nitrogen and oxygen atoms in total. The normalized spacial score (nSPS) is 10.3. The van der Waals surface area contributed by atoms with Gasteiger partial charge in [-0.05, 0) is 25.1 Å². The van der Waals surface area contributed by atoms with Crippen molar-refractivity contribution in [3.8, 4) is 0 Å². The van der Waals surface area contributed by atoms with Crippen LogP contribution < -0.4 is 0 Å². The second kappa shape index (κ2) is 5.97. The molecule has 0 N–H and O–H groups in total. The highest BCUT2D eigenvalue weighted by molar-refractivity contribution is 6.34. The van der Waals surface area contributed by atoms with E-state index in [1.165, 1.54) is 6.07 Å². The van der Waals surface area contributed by atoms with Gasteiger partial charge in [0.15, 0.2) is 11.6 Å². The molecule has 0 aliphatic heterocycles. The number of benzene rings is 2. The predicted molar refractivity (Wildman–Crippen MR) is 75.9 cm³/mol. The second-order valence-corrected chi connectivity index (χ2v) is 4.92. The van der Waals surface area contributed by atoms with Crippen LogP contribution in [0.3, 0.4) is 0 Å². The van der Waals surface area contributed by atoms with Gasteiger partial charge in [0.05, 0.1) is 11.4 Å². The Kier molecular flexibility index (Phi) is 4.30. The zero-order valence-corrected chi connectivity index (χ0v) is 11.6. The van der Waals surface area contributed by atoms with Crippen molar-refractivity contribution in [1.82, 2.24) is 0 Å². The minimum absolute atomic E-state index is 0.0201. The van der Waals surface area contributed by atoms with E-state index in [2.05, 4.69) is 0 Å². The van der Waals surface area contributed by atoms with Gasteiger partial charge in [0, 0.05) is 11.1 Å². The lowest BCUT2D eigenvalue weighted by Crippen LogP contribution is -2.09. The minimum Gasteiger partial charge on any atom is -0.294 e. The molecule has 0 aliphatic rings. The van der Waals surface area contributed by atoms with Gasteiger partial charge in [-0.2, -0.15) is 0 Å².